The second-order valence-electron chi connectivity index (χ2n) is 7.63. The Morgan fingerprint density at radius 3 is 2.62 bits per heavy atom. The van der Waals surface area contributed by atoms with E-state index in [4.69, 9.17) is 9.47 Å². The van der Waals surface area contributed by atoms with E-state index in [1.54, 1.807) is 12.1 Å². The van der Waals surface area contributed by atoms with E-state index in [1.807, 2.05) is 4.90 Å². The molecule has 3 fully saturated rings. The quantitative estimate of drug-likeness (QED) is 0.810. The molecule has 26 heavy (non-hydrogen) atoms. The zero-order chi connectivity index (χ0) is 18.0. The second kappa shape index (κ2) is 7.62. The first-order chi connectivity index (χ1) is 12.7. The van der Waals surface area contributed by atoms with Crippen LogP contribution in [0.3, 0.4) is 0 Å². The van der Waals surface area contributed by atoms with E-state index in [1.165, 1.54) is 12.1 Å². The van der Waals surface area contributed by atoms with E-state index >= 15 is 0 Å². The van der Waals surface area contributed by atoms with Crippen molar-refractivity contribution in [2.75, 3.05) is 46.0 Å². The van der Waals surface area contributed by atoms with Crippen molar-refractivity contribution in [1.29, 1.82) is 0 Å². The highest BCUT2D eigenvalue weighted by Gasteiger charge is 2.42. The summed E-state index contributed by atoms with van der Waals surface area (Å²) in [6, 6.07) is 6.51. The Labute approximate surface area is 154 Å². The van der Waals surface area contributed by atoms with Crippen LogP contribution in [0, 0.1) is 5.82 Å². The van der Waals surface area contributed by atoms with E-state index < -0.39 is 0 Å². The van der Waals surface area contributed by atoms with Crippen molar-refractivity contribution in [1.82, 2.24) is 9.80 Å². The molecule has 1 spiro atoms. The highest BCUT2D eigenvalue weighted by Crippen LogP contribution is 2.37. The van der Waals surface area contributed by atoms with Crippen LogP contribution in [-0.2, 0) is 9.47 Å². The molecule has 3 saturated heterocycles. The number of hydrogen-bond acceptors (Lipinski definition) is 4. The average Bonchev–Trinajstić information content (AvgIpc) is 2.69. The van der Waals surface area contributed by atoms with Crippen LogP contribution < -0.4 is 0 Å². The van der Waals surface area contributed by atoms with E-state index in [9.17, 15) is 9.18 Å². The van der Waals surface area contributed by atoms with Crippen molar-refractivity contribution in [2.24, 2.45) is 0 Å². The van der Waals surface area contributed by atoms with E-state index in [-0.39, 0.29) is 17.3 Å². The number of likely N-dealkylation sites (tertiary alicyclic amines) is 1. The number of hydrogen-bond donors (Lipinski definition) is 0. The number of rotatable bonds is 2. The van der Waals surface area contributed by atoms with Crippen molar-refractivity contribution < 1.29 is 18.7 Å². The summed E-state index contributed by atoms with van der Waals surface area (Å²) >= 11 is 0. The van der Waals surface area contributed by atoms with Gasteiger partial charge in [0.15, 0.2) is 0 Å². The largest absolute Gasteiger partial charge is 0.379 e. The standard InChI is InChI=1S/C20H27FN2O3/c21-17-3-1-2-16(14-17)19(24)23-7-5-20(6-8-23)15-18(4-11-26-20)22-9-12-25-13-10-22/h1-3,14,18H,4-13,15H2. The summed E-state index contributed by atoms with van der Waals surface area (Å²) in [6.45, 7) is 5.78. The Morgan fingerprint density at radius 2 is 1.88 bits per heavy atom. The average molecular weight is 362 g/mol. The molecule has 4 rings (SSSR count). The van der Waals surface area contributed by atoms with Crippen LogP contribution in [0.5, 0.6) is 0 Å². The fraction of sp³-hybridized carbons (Fsp3) is 0.650. The van der Waals surface area contributed by atoms with Gasteiger partial charge < -0.3 is 14.4 Å². The molecule has 5 nitrogen and oxygen atoms in total. The summed E-state index contributed by atoms with van der Waals surface area (Å²) in [5.74, 6) is -0.451. The van der Waals surface area contributed by atoms with Gasteiger partial charge in [-0.15, -0.1) is 0 Å². The molecule has 1 aromatic carbocycles. The summed E-state index contributed by atoms with van der Waals surface area (Å²) in [6.07, 6.45) is 3.83. The molecule has 0 aromatic heterocycles. The number of benzene rings is 1. The molecule has 1 amide bonds. The van der Waals surface area contributed by atoms with E-state index in [0.717, 1.165) is 58.6 Å². The van der Waals surface area contributed by atoms with Crippen LogP contribution in [-0.4, -0.2) is 73.3 Å². The fourth-order valence-corrected chi connectivity index (χ4v) is 4.53. The summed E-state index contributed by atoms with van der Waals surface area (Å²) < 4.78 is 25.1. The SMILES string of the molecule is O=C(c1cccc(F)c1)N1CCC2(CC1)CC(N1CCOCC1)CCO2. The van der Waals surface area contributed by atoms with Crippen molar-refractivity contribution in [3.63, 3.8) is 0 Å². The number of nitrogens with zero attached hydrogens (tertiary/aromatic N) is 2. The number of carbonyl (C=O) groups is 1. The smallest absolute Gasteiger partial charge is 0.253 e. The summed E-state index contributed by atoms with van der Waals surface area (Å²) in [7, 11) is 0. The molecule has 0 saturated carbocycles. The molecule has 3 aliphatic heterocycles. The zero-order valence-electron chi connectivity index (χ0n) is 15.2. The van der Waals surface area contributed by atoms with Crippen molar-refractivity contribution >= 4 is 5.91 Å². The van der Waals surface area contributed by atoms with Gasteiger partial charge in [0.1, 0.15) is 5.82 Å². The first kappa shape index (κ1) is 17.9. The lowest BCUT2D eigenvalue weighted by molar-refractivity contribution is -0.136. The molecule has 0 N–H and O–H groups in total. The van der Waals surface area contributed by atoms with Crippen LogP contribution >= 0.6 is 0 Å². The third-order valence-electron chi connectivity index (χ3n) is 6.06. The molecule has 3 heterocycles. The van der Waals surface area contributed by atoms with E-state index in [2.05, 4.69) is 4.90 Å². The highest BCUT2D eigenvalue weighted by atomic mass is 19.1. The van der Waals surface area contributed by atoms with Gasteiger partial charge in [-0.25, -0.2) is 4.39 Å². The third kappa shape index (κ3) is 3.77. The number of morpholine rings is 1. The molecule has 142 valence electrons. The number of halogens is 1. The Bertz CT molecular complexity index is 640. The predicted octanol–water partition coefficient (Wildman–Crippen LogP) is 2.31. The predicted molar refractivity (Wildman–Crippen MR) is 95.6 cm³/mol. The molecular weight excluding hydrogens is 335 g/mol. The number of carbonyl (C=O) groups excluding carboxylic acids is 1. The first-order valence-electron chi connectivity index (χ1n) is 9.66. The van der Waals surface area contributed by atoms with Gasteiger partial charge in [-0.05, 0) is 43.9 Å². The molecule has 0 bridgehead atoms. The molecule has 1 unspecified atom stereocenters. The fourth-order valence-electron chi connectivity index (χ4n) is 4.53. The van der Waals surface area contributed by atoms with Gasteiger partial charge in [-0.3, -0.25) is 9.69 Å². The second-order valence-corrected chi connectivity index (χ2v) is 7.63. The lowest BCUT2D eigenvalue weighted by atomic mass is 9.81. The van der Waals surface area contributed by atoms with Gasteiger partial charge in [0.25, 0.3) is 5.91 Å². The van der Waals surface area contributed by atoms with Gasteiger partial charge in [0, 0.05) is 44.4 Å². The third-order valence-corrected chi connectivity index (χ3v) is 6.06. The Hall–Kier alpha value is -1.50. The lowest BCUT2D eigenvalue weighted by Crippen LogP contribution is -2.55. The van der Waals surface area contributed by atoms with Gasteiger partial charge in [0.05, 0.1) is 18.8 Å². The Balaban J connectivity index is 1.37. The zero-order valence-corrected chi connectivity index (χ0v) is 15.2. The van der Waals surface area contributed by atoms with Crippen LogP contribution in [0.4, 0.5) is 4.39 Å². The van der Waals surface area contributed by atoms with Crippen molar-refractivity contribution in [3.05, 3.63) is 35.6 Å². The minimum absolute atomic E-state index is 0.0834. The van der Waals surface area contributed by atoms with Crippen molar-refractivity contribution in [2.45, 2.75) is 37.3 Å². The molecule has 3 aliphatic rings. The Kier molecular flexibility index (Phi) is 5.25. The topological polar surface area (TPSA) is 42.0 Å². The molecule has 6 heteroatoms. The van der Waals surface area contributed by atoms with Gasteiger partial charge in [0.2, 0.25) is 0 Å². The Morgan fingerprint density at radius 1 is 1.12 bits per heavy atom. The maximum absolute atomic E-state index is 13.4. The van der Waals surface area contributed by atoms with Gasteiger partial charge >= 0.3 is 0 Å². The number of piperidine rings is 1. The van der Waals surface area contributed by atoms with Crippen LogP contribution in [0.2, 0.25) is 0 Å². The lowest BCUT2D eigenvalue weighted by Gasteiger charge is -2.49. The highest BCUT2D eigenvalue weighted by molar-refractivity contribution is 5.94. The van der Waals surface area contributed by atoms with Gasteiger partial charge in [-0.1, -0.05) is 6.07 Å². The van der Waals surface area contributed by atoms with Gasteiger partial charge in [-0.2, -0.15) is 0 Å². The molecular formula is C20H27FN2O3. The summed E-state index contributed by atoms with van der Waals surface area (Å²) in [5.41, 5.74) is 0.316. The maximum Gasteiger partial charge on any atom is 0.253 e. The molecule has 0 aliphatic carbocycles. The van der Waals surface area contributed by atoms with E-state index in [0.29, 0.717) is 24.7 Å². The van der Waals surface area contributed by atoms with Crippen molar-refractivity contribution in [3.8, 4) is 0 Å². The molecule has 0 radical (unpaired) electrons. The maximum atomic E-state index is 13.4. The van der Waals surface area contributed by atoms with Crippen LogP contribution in [0.15, 0.2) is 24.3 Å². The molecule has 1 aromatic rings. The minimum atomic E-state index is -0.367. The summed E-state index contributed by atoms with van der Waals surface area (Å²) in [4.78, 5) is 17.0. The van der Waals surface area contributed by atoms with Crippen LogP contribution in [0.1, 0.15) is 36.0 Å². The normalized spacial score (nSPS) is 26.8. The monoisotopic (exact) mass is 362 g/mol. The molecule has 1 atom stereocenters. The summed E-state index contributed by atoms with van der Waals surface area (Å²) in [5, 5.41) is 0. The first-order valence-corrected chi connectivity index (χ1v) is 9.66. The number of amides is 1. The van der Waals surface area contributed by atoms with Crippen LogP contribution in [0.25, 0.3) is 0 Å². The number of ether oxygens (including phenoxy) is 2. The minimum Gasteiger partial charge on any atom is -0.379 e.